The van der Waals surface area contributed by atoms with Crippen LogP contribution in [0.3, 0.4) is 0 Å². The van der Waals surface area contributed by atoms with E-state index in [-0.39, 0.29) is 24.4 Å². The number of hydrogen-bond acceptors (Lipinski definition) is 3. The molecule has 0 aliphatic carbocycles. The number of hydrogen-bond donors (Lipinski definition) is 2. The van der Waals surface area contributed by atoms with Crippen molar-refractivity contribution in [3.05, 3.63) is 0 Å². The summed E-state index contributed by atoms with van der Waals surface area (Å²) in [6, 6.07) is 0.0119. The van der Waals surface area contributed by atoms with Crippen molar-refractivity contribution in [3.63, 3.8) is 0 Å². The summed E-state index contributed by atoms with van der Waals surface area (Å²) in [4.78, 5) is 24.6. The molecule has 1 unspecified atom stereocenters. The lowest BCUT2D eigenvalue weighted by Crippen LogP contribution is -2.50. The Hall–Kier alpha value is -1.11. The average molecular weight is 302 g/mol. The SMILES string of the molecule is O=C(O)CC1CCCN(C(=O)NC2CCS(=O)CC2)C1. The molecule has 0 aromatic heterocycles. The number of carbonyl (C=O) groups excluding carboxylic acids is 1. The van der Waals surface area contributed by atoms with Crippen LogP contribution in [0.15, 0.2) is 0 Å². The number of carbonyl (C=O) groups is 2. The van der Waals surface area contributed by atoms with Crippen molar-refractivity contribution in [1.82, 2.24) is 10.2 Å². The predicted molar refractivity (Wildman–Crippen MR) is 76.0 cm³/mol. The summed E-state index contributed by atoms with van der Waals surface area (Å²) >= 11 is 0. The number of amides is 2. The first-order valence-electron chi connectivity index (χ1n) is 7.17. The van der Waals surface area contributed by atoms with Crippen LogP contribution >= 0.6 is 0 Å². The Morgan fingerprint density at radius 1 is 1.25 bits per heavy atom. The molecule has 2 rings (SSSR count). The van der Waals surface area contributed by atoms with Crippen molar-refractivity contribution in [3.8, 4) is 0 Å². The van der Waals surface area contributed by atoms with Gasteiger partial charge in [0.15, 0.2) is 0 Å². The monoisotopic (exact) mass is 302 g/mol. The van der Waals surface area contributed by atoms with Gasteiger partial charge in [0.1, 0.15) is 0 Å². The summed E-state index contributed by atoms with van der Waals surface area (Å²) < 4.78 is 11.3. The van der Waals surface area contributed by atoms with Crippen LogP contribution in [0.2, 0.25) is 0 Å². The molecule has 7 heteroatoms. The number of rotatable bonds is 3. The molecule has 114 valence electrons. The van der Waals surface area contributed by atoms with Crippen LogP contribution in [0.5, 0.6) is 0 Å². The van der Waals surface area contributed by atoms with E-state index in [0.29, 0.717) is 24.6 Å². The van der Waals surface area contributed by atoms with Crippen molar-refractivity contribution in [2.24, 2.45) is 5.92 Å². The molecular weight excluding hydrogens is 280 g/mol. The zero-order valence-corrected chi connectivity index (χ0v) is 12.4. The highest BCUT2D eigenvalue weighted by atomic mass is 32.2. The number of carboxylic acid groups (broad SMARTS) is 1. The maximum absolute atomic E-state index is 12.2. The fraction of sp³-hybridized carbons (Fsp3) is 0.846. The molecule has 6 nitrogen and oxygen atoms in total. The third-order valence-corrected chi connectivity index (χ3v) is 5.37. The van der Waals surface area contributed by atoms with Gasteiger partial charge in [0.05, 0.1) is 0 Å². The molecule has 0 aromatic rings. The second-order valence-electron chi connectivity index (χ2n) is 5.62. The van der Waals surface area contributed by atoms with Gasteiger partial charge in [-0.2, -0.15) is 0 Å². The van der Waals surface area contributed by atoms with Crippen LogP contribution in [0.1, 0.15) is 32.1 Å². The molecule has 0 radical (unpaired) electrons. The van der Waals surface area contributed by atoms with Gasteiger partial charge in [-0.05, 0) is 31.6 Å². The maximum Gasteiger partial charge on any atom is 0.317 e. The van der Waals surface area contributed by atoms with Crippen LogP contribution in [0, 0.1) is 5.92 Å². The molecule has 2 aliphatic rings. The van der Waals surface area contributed by atoms with Gasteiger partial charge in [0.25, 0.3) is 0 Å². The first-order valence-corrected chi connectivity index (χ1v) is 8.65. The molecule has 2 amide bonds. The van der Waals surface area contributed by atoms with E-state index in [1.165, 1.54) is 0 Å². The van der Waals surface area contributed by atoms with Crippen molar-refractivity contribution in [2.45, 2.75) is 38.1 Å². The predicted octanol–water partition coefficient (Wildman–Crippen LogP) is 0.794. The molecule has 1 atom stereocenters. The molecule has 0 spiro atoms. The van der Waals surface area contributed by atoms with Crippen LogP contribution in [-0.2, 0) is 15.6 Å². The fourth-order valence-corrected chi connectivity index (χ4v) is 4.17. The summed E-state index contributed by atoms with van der Waals surface area (Å²) in [6.07, 6.45) is 3.40. The zero-order chi connectivity index (χ0) is 14.5. The average Bonchev–Trinajstić information content (AvgIpc) is 2.41. The molecule has 0 aromatic carbocycles. The largest absolute Gasteiger partial charge is 0.481 e. The molecule has 2 fully saturated rings. The minimum Gasteiger partial charge on any atom is -0.481 e. The van der Waals surface area contributed by atoms with Gasteiger partial charge in [-0.15, -0.1) is 0 Å². The third kappa shape index (κ3) is 4.47. The summed E-state index contributed by atoms with van der Waals surface area (Å²) in [5.41, 5.74) is 0. The molecule has 2 aliphatic heterocycles. The lowest BCUT2D eigenvalue weighted by molar-refractivity contribution is -0.138. The van der Waals surface area contributed by atoms with Gasteiger partial charge in [-0.25, -0.2) is 4.79 Å². The highest BCUT2D eigenvalue weighted by Crippen LogP contribution is 2.20. The number of nitrogens with one attached hydrogen (secondary N) is 1. The van der Waals surface area contributed by atoms with Gasteiger partial charge in [-0.3, -0.25) is 9.00 Å². The smallest absolute Gasteiger partial charge is 0.317 e. The molecule has 2 N–H and O–H groups in total. The van der Waals surface area contributed by atoms with E-state index >= 15 is 0 Å². The minimum atomic E-state index is -0.799. The van der Waals surface area contributed by atoms with E-state index in [0.717, 1.165) is 25.7 Å². The Morgan fingerprint density at radius 2 is 1.95 bits per heavy atom. The van der Waals surface area contributed by atoms with E-state index in [9.17, 15) is 13.8 Å². The summed E-state index contributed by atoms with van der Waals surface area (Å²) in [5.74, 6) is 0.581. The van der Waals surface area contributed by atoms with Crippen LogP contribution in [0.4, 0.5) is 4.79 Å². The maximum atomic E-state index is 12.2. The highest BCUT2D eigenvalue weighted by Gasteiger charge is 2.27. The lowest BCUT2D eigenvalue weighted by Gasteiger charge is -2.34. The quantitative estimate of drug-likeness (QED) is 0.807. The van der Waals surface area contributed by atoms with Gasteiger partial charge in [-0.1, -0.05) is 0 Å². The Kier molecular flexibility index (Phi) is 5.39. The number of piperidine rings is 1. The summed E-state index contributed by atoms with van der Waals surface area (Å²) in [5, 5.41) is 11.8. The Bertz CT molecular complexity index is 392. The van der Waals surface area contributed by atoms with E-state index in [2.05, 4.69) is 5.32 Å². The second kappa shape index (κ2) is 7.06. The number of nitrogens with zero attached hydrogens (tertiary/aromatic N) is 1. The van der Waals surface area contributed by atoms with Gasteiger partial charge in [0, 0.05) is 47.9 Å². The lowest BCUT2D eigenvalue weighted by atomic mass is 9.95. The van der Waals surface area contributed by atoms with Gasteiger partial charge < -0.3 is 15.3 Å². The van der Waals surface area contributed by atoms with Gasteiger partial charge >= 0.3 is 12.0 Å². The molecule has 20 heavy (non-hydrogen) atoms. The normalized spacial score (nSPS) is 30.8. The number of urea groups is 1. The summed E-state index contributed by atoms with van der Waals surface area (Å²) in [6.45, 7) is 1.22. The Balaban J connectivity index is 1.79. The highest BCUT2D eigenvalue weighted by molar-refractivity contribution is 7.85. The topological polar surface area (TPSA) is 86.7 Å². The standard InChI is InChI=1S/C13H22N2O4S/c16-12(17)8-10-2-1-5-15(9-10)13(18)14-11-3-6-20(19)7-4-11/h10-11H,1-9H2,(H,14,18)(H,16,17). The molecule has 0 bridgehead atoms. The van der Waals surface area contributed by atoms with Crippen molar-refractivity contribution >= 4 is 22.8 Å². The van der Waals surface area contributed by atoms with E-state index in [4.69, 9.17) is 5.11 Å². The number of likely N-dealkylation sites (tertiary alicyclic amines) is 1. The third-order valence-electron chi connectivity index (χ3n) is 3.99. The van der Waals surface area contributed by atoms with Crippen molar-refractivity contribution in [1.29, 1.82) is 0 Å². The number of carboxylic acids is 1. The molecule has 2 heterocycles. The molecular formula is C13H22N2O4S. The van der Waals surface area contributed by atoms with Crippen molar-refractivity contribution in [2.75, 3.05) is 24.6 Å². The van der Waals surface area contributed by atoms with Gasteiger partial charge in [0.2, 0.25) is 0 Å². The summed E-state index contributed by atoms with van der Waals surface area (Å²) in [7, 11) is -0.723. The van der Waals surface area contributed by atoms with E-state index in [1.807, 2.05) is 0 Å². The Labute approximate surface area is 121 Å². The van der Waals surface area contributed by atoms with Crippen LogP contribution in [-0.4, -0.2) is 56.9 Å². The second-order valence-corrected chi connectivity index (χ2v) is 7.32. The fourth-order valence-electron chi connectivity index (χ4n) is 2.87. The van der Waals surface area contributed by atoms with Crippen LogP contribution < -0.4 is 5.32 Å². The first kappa shape index (κ1) is 15.3. The zero-order valence-electron chi connectivity index (χ0n) is 11.5. The first-order chi connectivity index (χ1) is 9.54. The molecule has 0 saturated carbocycles. The Morgan fingerprint density at radius 3 is 2.60 bits per heavy atom. The molecule has 2 saturated heterocycles. The van der Waals surface area contributed by atoms with E-state index < -0.39 is 16.8 Å². The van der Waals surface area contributed by atoms with E-state index in [1.54, 1.807) is 4.90 Å². The number of aliphatic carboxylic acids is 1. The van der Waals surface area contributed by atoms with Crippen molar-refractivity contribution < 1.29 is 18.9 Å². The van der Waals surface area contributed by atoms with Crippen LogP contribution in [0.25, 0.3) is 0 Å². The minimum absolute atomic E-state index is 0.0610.